The molecule has 0 fully saturated rings. The number of nitrogens with two attached hydrogens (primary N) is 1. The summed E-state index contributed by atoms with van der Waals surface area (Å²) >= 11 is 1.54. The molecule has 0 aliphatic carbocycles. The fourth-order valence-electron chi connectivity index (χ4n) is 1.99. The van der Waals surface area contributed by atoms with Gasteiger partial charge in [-0.2, -0.15) is 0 Å². The number of ether oxygens (including phenoxy) is 1. The molecule has 0 atom stereocenters. The Balaban J connectivity index is 0.00000220. The highest BCUT2D eigenvalue weighted by molar-refractivity contribution is 7.13. The molecule has 0 radical (unpaired) electrons. The van der Waals surface area contributed by atoms with Crippen molar-refractivity contribution in [2.75, 3.05) is 19.5 Å². The minimum Gasteiger partial charge on any atom is -1.00 e. The number of aromatic nitrogens is 3. The normalized spacial score (nSPS) is 10.3. The fourth-order valence-corrected chi connectivity index (χ4v) is 3.05. The highest BCUT2D eigenvalue weighted by Gasteiger charge is 2.25. The Morgan fingerprint density at radius 3 is 2.71 bits per heavy atom. The van der Waals surface area contributed by atoms with E-state index in [1.165, 1.54) is 11.3 Å². The summed E-state index contributed by atoms with van der Waals surface area (Å²) in [5, 5.41) is 9.88. The first-order chi connectivity index (χ1) is 9.56. The van der Waals surface area contributed by atoms with E-state index < -0.39 is 0 Å². The van der Waals surface area contributed by atoms with Crippen LogP contribution in [0.25, 0.3) is 0 Å². The SMILES string of the molecule is COc1sc(CCO)c(C)[n+]1Cc1cnc(C)nc1N.[Cl-]. The van der Waals surface area contributed by atoms with Crippen LogP contribution in [-0.4, -0.2) is 28.8 Å². The third kappa shape index (κ3) is 3.81. The van der Waals surface area contributed by atoms with E-state index in [1.54, 1.807) is 13.3 Å². The number of hydrogen-bond acceptors (Lipinski definition) is 6. The molecule has 21 heavy (non-hydrogen) atoms. The molecule has 0 amide bonds. The Labute approximate surface area is 134 Å². The van der Waals surface area contributed by atoms with Gasteiger partial charge in [-0.05, 0) is 18.3 Å². The van der Waals surface area contributed by atoms with Gasteiger partial charge in [-0.25, -0.2) is 9.97 Å². The molecule has 8 heteroatoms. The number of hydrogen-bond donors (Lipinski definition) is 2. The van der Waals surface area contributed by atoms with Gasteiger partial charge in [-0.15, -0.1) is 4.57 Å². The van der Waals surface area contributed by atoms with Crippen LogP contribution in [0.3, 0.4) is 0 Å². The Hall–Kier alpha value is -1.44. The number of thiazole rings is 1. The van der Waals surface area contributed by atoms with E-state index in [0.717, 1.165) is 21.3 Å². The molecule has 0 saturated heterocycles. The predicted octanol–water partition coefficient (Wildman–Crippen LogP) is -2.38. The quantitative estimate of drug-likeness (QED) is 0.598. The Morgan fingerprint density at radius 2 is 2.14 bits per heavy atom. The molecule has 3 N–H and O–H groups in total. The average Bonchev–Trinajstić information content (AvgIpc) is 2.71. The number of nitrogens with zero attached hydrogens (tertiary/aromatic N) is 3. The van der Waals surface area contributed by atoms with Gasteiger partial charge in [-0.1, -0.05) is 0 Å². The van der Waals surface area contributed by atoms with Crippen molar-refractivity contribution >= 4 is 17.2 Å². The van der Waals surface area contributed by atoms with E-state index in [0.29, 0.717) is 24.6 Å². The van der Waals surface area contributed by atoms with E-state index in [2.05, 4.69) is 9.97 Å². The molecule has 116 valence electrons. The van der Waals surface area contributed by atoms with Crippen LogP contribution in [0, 0.1) is 13.8 Å². The molecule has 2 aromatic rings. The van der Waals surface area contributed by atoms with Gasteiger partial charge in [0.05, 0.1) is 17.6 Å². The number of anilines is 1. The van der Waals surface area contributed by atoms with E-state index in [1.807, 2.05) is 18.4 Å². The third-order valence-corrected chi connectivity index (χ3v) is 4.41. The first kappa shape index (κ1) is 17.6. The third-order valence-electron chi connectivity index (χ3n) is 3.10. The van der Waals surface area contributed by atoms with Crippen molar-refractivity contribution in [3.05, 3.63) is 28.2 Å². The van der Waals surface area contributed by atoms with E-state index >= 15 is 0 Å². The zero-order chi connectivity index (χ0) is 14.7. The van der Waals surface area contributed by atoms with Gasteiger partial charge in [0.15, 0.2) is 12.2 Å². The summed E-state index contributed by atoms with van der Waals surface area (Å²) in [6.45, 7) is 4.50. The van der Waals surface area contributed by atoms with Crippen molar-refractivity contribution in [1.29, 1.82) is 0 Å². The number of aliphatic hydroxyl groups is 1. The lowest BCUT2D eigenvalue weighted by atomic mass is 10.2. The molecular formula is C13H19ClN4O2S. The summed E-state index contributed by atoms with van der Waals surface area (Å²) in [5.74, 6) is 1.15. The molecule has 0 unspecified atom stereocenters. The van der Waals surface area contributed by atoms with Crippen LogP contribution >= 0.6 is 11.3 Å². The lowest BCUT2D eigenvalue weighted by molar-refractivity contribution is -0.694. The van der Waals surface area contributed by atoms with Crippen molar-refractivity contribution in [2.45, 2.75) is 26.8 Å². The van der Waals surface area contributed by atoms with Gasteiger partial charge in [0.2, 0.25) is 0 Å². The summed E-state index contributed by atoms with van der Waals surface area (Å²) < 4.78 is 7.44. The van der Waals surface area contributed by atoms with Crippen LogP contribution in [0.15, 0.2) is 6.20 Å². The van der Waals surface area contributed by atoms with Gasteiger partial charge in [-0.3, -0.25) is 0 Å². The highest BCUT2D eigenvalue weighted by atomic mass is 35.5. The van der Waals surface area contributed by atoms with Gasteiger partial charge in [0.1, 0.15) is 11.6 Å². The smallest absolute Gasteiger partial charge is 0.430 e. The van der Waals surface area contributed by atoms with Crippen LogP contribution in [-0.2, 0) is 13.0 Å². The van der Waals surface area contributed by atoms with Crippen molar-refractivity contribution < 1.29 is 26.8 Å². The number of aliphatic hydroxyl groups excluding tert-OH is 1. The monoisotopic (exact) mass is 330 g/mol. The second-order valence-electron chi connectivity index (χ2n) is 4.47. The summed E-state index contributed by atoms with van der Waals surface area (Å²) in [7, 11) is 1.64. The van der Waals surface area contributed by atoms with Gasteiger partial charge >= 0.3 is 5.19 Å². The summed E-state index contributed by atoms with van der Waals surface area (Å²) in [5.41, 5.74) is 7.86. The molecule has 0 spiro atoms. The minimum atomic E-state index is 0. The molecule has 2 aromatic heterocycles. The molecule has 2 rings (SSSR count). The zero-order valence-electron chi connectivity index (χ0n) is 12.3. The highest BCUT2D eigenvalue weighted by Crippen LogP contribution is 2.24. The lowest BCUT2D eigenvalue weighted by Gasteiger charge is -2.03. The molecule has 0 aliphatic rings. The summed E-state index contributed by atoms with van der Waals surface area (Å²) in [6.07, 6.45) is 2.37. The van der Waals surface area contributed by atoms with E-state index in [-0.39, 0.29) is 19.0 Å². The van der Waals surface area contributed by atoms with E-state index in [9.17, 15) is 0 Å². The second kappa shape index (κ2) is 7.53. The first-order valence-electron chi connectivity index (χ1n) is 6.31. The van der Waals surface area contributed by atoms with Gasteiger partial charge in [0, 0.05) is 26.1 Å². The van der Waals surface area contributed by atoms with Crippen molar-refractivity contribution in [2.24, 2.45) is 0 Å². The summed E-state index contributed by atoms with van der Waals surface area (Å²) in [6, 6.07) is 0. The molecule has 2 heterocycles. The standard InChI is InChI=1S/C13H19N4O2S.ClH/c1-8-11(4-5-18)20-13(19-3)17(8)7-10-6-15-9(2)16-12(10)14;/h6,18H,4-5,7H2,1-3H3,(H2,14,15,16);1H/q+1;/p-1. The Morgan fingerprint density at radius 1 is 1.43 bits per heavy atom. The number of methoxy groups -OCH3 is 1. The maximum Gasteiger partial charge on any atom is 0.430 e. The molecule has 0 aliphatic heterocycles. The molecule has 0 saturated carbocycles. The molecule has 0 aromatic carbocycles. The van der Waals surface area contributed by atoms with Crippen molar-refractivity contribution in [3.8, 4) is 5.19 Å². The zero-order valence-corrected chi connectivity index (χ0v) is 13.8. The van der Waals surface area contributed by atoms with Crippen LogP contribution in [0.4, 0.5) is 5.82 Å². The minimum absolute atomic E-state index is 0. The maximum atomic E-state index is 9.10. The van der Waals surface area contributed by atoms with Crippen molar-refractivity contribution in [1.82, 2.24) is 9.97 Å². The number of nitrogen functional groups attached to an aromatic ring is 1. The first-order valence-corrected chi connectivity index (χ1v) is 7.13. The topological polar surface area (TPSA) is 85.1 Å². The predicted molar refractivity (Wildman–Crippen MR) is 76.9 cm³/mol. The van der Waals surface area contributed by atoms with Crippen LogP contribution < -0.4 is 27.4 Å². The van der Waals surface area contributed by atoms with Crippen LogP contribution in [0.1, 0.15) is 22.0 Å². The van der Waals surface area contributed by atoms with Gasteiger partial charge in [0.25, 0.3) is 0 Å². The van der Waals surface area contributed by atoms with Crippen molar-refractivity contribution in [3.63, 3.8) is 0 Å². The van der Waals surface area contributed by atoms with Gasteiger partial charge < -0.3 is 28.0 Å². The van der Waals surface area contributed by atoms with Crippen LogP contribution in [0.5, 0.6) is 5.19 Å². The second-order valence-corrected chi connectivity index (χ2v) is 5.51. The number of rotatable bonds is 5. The van der Waals surface area contributed by atoms with E-state index in [4.69, 9.17) is 15.6 Å². The largest absolute Gasteiger partial charge is 1.00 e. The molecular weight excluding hydrogens is 312 g/mol. The number of aryl methyl sites for hydroxylation is 1. The fraction of sp³-hybridized carbons (Fsp3) is 0.462. The molecule has 0 bridgehead atoms. The maximum absolute atomic E-state index is 9.10. The Bertz CT molecular complexity index is 618. The van der Waals surface area contributed by atoms with Crippen LogP contribution in [0.2, 0.25) is 0 Å². The average molecular weight is 331 g/mol. The lowest BCUT2D eigenvalue weighted by Crippen LogP contribution is -3.00. The number of halogens is 1. The summed E-state index contributed by atoms with van der Waals surface area (Å²) in [4.78, 5) is 9.46. The Kier molecular flexibility index (Phi) is 6.32. The molecule has 6 nitrogen and oxygen atoms in total.